The van der Waals surface area contributed by atoms with Crippen LogP contribution in [-0.4, -0.2) is 26.5 Å². The summed E-state index contributed by atoms with van der Waals surface area (Å²) in [7, 11) is 1.68. The van der Waals surface area contributed by atoms with Crippen molar-refractivity contribution in [2.24, 2.45) is 0 Å². The fraction of sp³-hybridized carbons (Fsp3) is 0.312. The van der Waals surface area contributed by atoms with Crippen LogP contribution in [0.2, 0.25) is 0 Å². The molecule has 0 aliphatic carbocycles. The maximum absolute atomic E-state index is 10.7. The first-order valence-electron chi connectivity index (χ1n) is 6.80. The van der Waals surface area contributed by atoms with Crippen LogP contribution in [0.25, 0.3) is 11.3 Å². The molecule has 0 unspecified atom stereocenters. The van der Waals surface area contributed by atoms with Gasteiger partial charge >= 0.3 is 0 Å². The van der Waals surface area contributed by atoms with E-state index in [9.17, 15) is 4.79 Å². The van der Waals surface area contributed by atoms with Gasteiger partial charge in [0.05, 0.1) is 12.8 Å². The lowest BCUT2D eigenvalue weighted by Gasteiger charge is -2.20. The van der Waals surface area contributed by atoms with Gasteiger partial charge in [0.1, 0.15) is 11.5 Å². The summed E-state index contributed by atoms with van der Waals surface area (Å²) in [5.41, 5.74) is 2.04. The van der Waals surface area contributed by atoms with Gasteiger partial charge in [-0.3, -0.25) is 4.79 Å². The number of benzene rings is 1. The third kappa shape index (κ3) is 2.29. The second-order valence-corrected chi connectivity index (χ2v) is 4.90. The lowest BCUT2D eigenvalue weighted by molar-refractivity contribution is 0.110. The quantitative estimate of drug-likeness (QED) is 0.800. The SMILES string of the molecule is COc1cc(-c2ccc(C=O)o2)ccc1N1CCCC1. The zero-order valence-electron chi connectivity index (χ0n) is 11.5. The molecule has 4 heteroatoms. The van der Waals surface area contributed by atoms with Crippen LogP contribution in [0.1, 0.15) is 23.4 Å². The molecule has 2 aromatic rings. The minimum atomic E-state index is 0.336. The first-order chi connectivity index (χ1) is 9.81. The monoisotopic (exact) mass is 271 g/mol. The molecule has 1 aliphatic heterocycles. The van der Waals surface area contributed by atoms with Gasteiger partial charge in [-0.05, 0) is 43.2 Å². The topological polar surface area (TPSA) is 42.7 Å². The number of aldehydes is 1. The predicted octanol–water partition coefficient (Wildman–Crippen LogP) is 3.37. The van der Waals surface area contributed by atoms with Gasteiger partial charge in [0, 0.05) is 18.7 Å². The summed E-state index contributed by atoms with van der Waals surface area (Å²) < 4.78 is 10.9. The fourth-order valence-electron chi connectivity index (χ4n) is 2.62. The molecule has 2 heterocycles. The molecule has 3 rings (SSSR count). The summed E-state index contributed by atoms with van der Waals surface area (Å²) >= 11 is 0. The highest BCUT2D eigenvalue weighted by Gasteiger charge is 2.17. The highest BCUT2D eigenvalue weighted by molar-refractivity contribution is 5.74. The van der Waals surface area contributed by atoms with Gasteiger partial charge in [0.25, 0.3) is 0 Å². The maximum Gasteiger partial charge on any atom is 0.185 e. The predicted molar refractivity (Wildman–Crippen MR) is 77.5 cm³/mol. The van der Waals surface area contributed by atoms with Crippen molar-refractivity contribution in [2.75, 3.05) is 25.1 Å². The number of methoxy groups -OCH3 is 1. The van der Waals surface area contributed by atoms with Crippen molar-refractivity contribution in [1.29, 1.82) is 0 Å². The van der Waals surface area contributed by atoms with E-state index in [1.807, 2.05) is 12.1 Å². The number of carbonyl (C=O) groups excluding carboxylic acids is 1. The number of anilines is 1. The number of hydrogen-bond acceptors (Lipinski definition) is 4. The van der Waals surface area contributed by atoms with Gasteiger partial charge in [-0.15, -0.1) is 0 Å². The summed E-state index contributed by atoms with van der Waals surface area (Å²) in [6.07, 6.45) is 3.16. The van der Waals surface area contributed by atoms with Crippen molar-refractivity contribution < 1.29 is 13.9 Å². The molecule has 0 bridgehead atoms. The Morgan fingerprint density at radius 3 is 2.65 bits per heavy atom. The Labute approximate surface area is 118 Å². The van der Waals surface area contributed by atoms with E-state index >= 15 is 0 Å². The standard InChI is InChI=1S/C16H17NO3/c1-19-16-10-12(15-7-5-13(11-18)20-15)4-6-14(16)17-8-2-3-9-17/h4-7,10-11H,2-3,8-9H2,1H3. The van der Waals surface area contributed by atoms with Crippen LogP contribution in [0.15, 0.2) is 34.7 Å². The molecule has 0 saturated carbocycles. The second kappa shape index (κ2) is 5.41. The molecule has 0 atom stereocenters. The summed E-state index contributed by atoms with van der Waals surface area (Å²) in [5, 5.41) is 0. The summed E-state index contributed by atoms with van der Waals surface area (Å²) in [5.74, 6) is 1.86. The first-order valence-corrected chi connectivity index (χ1v) is 6.80. The summed E-state index contributed by atoms with van der Waals surface area (Å²) in [6.45, 7) is 2.15. The molecule has 0 spiro atoms. The third-order valence-corrected chi connectivity index (χ3v) is 3.65. The molecule has 4 nitrogen and oxygen atoms in total. The Kier molecular flexibility index (Phi) is 3.46. The molecule has 0 radical (unpaired) electrons. The van der Waals surface area contributed by atoms with Crippen molar-refractivity contribution in [3.05, 3.63) is 36.1 Å². The van der Waals surface area contributed by atoms with Crippen LogP contribution < -0.4 is 9.64 Å². The van der Waals surface area contributed by atoms with E-state index in [-0.39, 0.29) is 0 Å². The van der Waals surface area contributed by atoms with E-state index in [2.05, 4.69) is 11.0 Å². The molecular weight excluding hydrogens is 254 g/mol. The normalized spacial score (nSPS) is 14.6. The van der Waals surface area contributed by atoms with Crippen LogP contribution in [0, 0.1) is 0 Å². The summed E-state index contributed by atoms with van der Waals surface area (Å²) in [4.78, 5) is 13.0. The van der Waals surface area contributed by atoms with Crippen LogP contribution in [0.3, 0.4) is 0 Å². The van der Waals surface area contributed by atoms with E-state index in [4.69, 9.17) is 9.15 Å². The molecule has 0 N–H and O–H groups in total. The van der Waals surface area contributed by atoms with Crippen LogP contribution in [0.5, 0.6) is 5.75 Å². The number of rotatable bonds is 4. The molecule has 1 saturated heterocycles. The fourth-order valence-corrected chi connectivity index (χ4v) is 2.62. The van der Waals surface area contributed by atoms with Gasteiger partial charge in [-0.25, -0.2) is 0 Å². The smallest absolute Gasteiger partial charge is 0.185 e. The molecule has 1 aromatic heterocycles. The number of nitrogens with zero attached hydrogens (tertiary/aromatic N) is 1. The Hall–Kier alpha value is -2.23. The summed E-state index contributed by atoms with van der Waals surface area (Å²) in [6, 6.07) is 9.49. The highest BCUT2D eigenvalue weighted by Crippen LogP contribution is 2.35. The molecule has 1 fully saturated rings. The van der Waals surface area contributed by atoms with Crippen molar-refractivity contribution in [2.45, 2.75) is 12.8 Å². The van der Waals surface area contributed by atoms with Gasteiger partial charge in [-0.2, -0.15) is 0 Å². The average molecular weight is 271 g/mol. The Morgan fingerprint density at radius 2 is 2.00 bits per heavy atom. The average Bonchev–Trinajstić information content (AvgIpc) is 3.17. The van der Waals surface area contributed by atoms with E-state index < -0.39 is 0 Å². The van der Waals surface area contributed by atoms with Crippen LogP contribution >= 0.6 is 0 Å². The van der Waals surface area contributed by atoms with Crippen LogP contribution in [0.4, 0.5) is 5.69 Å². The van der Waals surface area contributed by atoms with Gasteiger partial charge in [0.15, 0.2) is 12.0 Å². The zero-order chi connectivity index (χ0) is 13.9. The van der Waals surface area contributed by atoms with Crippen molar-refractivity contribution >= 4 is 12.0 Å². The molecule has 0 amide bonds. The van der Waals surface area contributed by atoms with Crippen molar-refractivity contribution in [1.82, 2.24) is 0 Å². The van der Waals surface area contributed by atoms with Crippen molar-refractivity contribution in [3.8, 4) is 17.1 Å². The Bertz CT molecular complexity index is 612. The minimum absolute atomic E-state index is 0.336. The maximum atomic E-state index is 10.7. The minimum Gasteiger partial charge on any atom is -0.495 e. The molecule has 104 valence electrons. The molecule has 1 aromatic carbocycles. The van der Waals surface area contributed by atoms with Gasteiger partial charge in [-0.1, -0.05) is 0 Å². The van der Waals surface area contributed by atoms with Gasteiger partial charge in [0.2, 0.25) is 0 Å². The number of hydrogen-bond donors (Lipinski definition) is 0. The van der Waals surface area contributed by atoms with Gasteiger partial charge < -0.3 is 14.1 Å². The molecule has 20 heavy (non-hydrogen) atoms. The van der Waals surface area contributed by atoms with Crippen molar-refractivity contribution in [3.63, 3.8) is 0 Å². The van der Waals surface area contributed by atoms with E-state index in [0.29, 0.717) is 17.8 Å². The lowest BCUT2D eigenvalue weighted by Crippen LogP contribution is -2.18. The first kappa shape index (κ1) is 12.8. The van der Waals surface area contributed by atoms with E-state index in [0.717, 1.165) is 30.1 Å². The number of carbonyl (C=O) groups is 1. The Balaban J connectivity index is 1.95. The second-order valence-electron chi connectivity index (χ2n) is 4.90. The third-order valence-electron chi connectivity index (χ3n) is 3.65. The molecular formula is C16H17NO3. The zero-order valence-corrected chi connectivity index (χ0v) is 11.5. The highest BCUT2D eigenvalue weighted by atomic mass is 16.5. The Morgan fingerprint density at radius 1 is 1.20 bits per heavy atom. The number of furan rings is 1. The molecule has 1 aliphatic rings. The lowest BCUT2D eigenvalue weighted by atomic mass is 10.1. The largest absolute Gasteiger partial charge is 0.495 e. The van der Waals surface area contributed by atoms with E-state index in [1.54, 1.807) is 19.2 Å². The van der Waals surface area contributed by atoms with E-state index in [1.165, 1.54) is 12.8 Å². The number of ether oxygens (including phenoxy) is 1. The van der Waals surface area contributed by atoms with Crippen LogP contribution in [-0.2, 0) is 0 Å².